The molecule has 0 radical (unpaired) electrons. The van der Waals surface area contributed by atoms with E-state index in [-0.39, 0.29) is 0 Å². The van der Waals surface area contributed by atoms with Gasteiger partial charge in [-0.05, 0) is 32.2 Å². The lowest BCUT2D eigenvalue weighted by molar-refractivity contribution is -0.138. The van der Waals surface area contributed by atoms with Crippen molar-refractivity contribution in [2.24, 2.45) is 5.92 Å². The molecule has 90 valence electrons. The summed E-state index contributed by atoms with van der Waals surface area (Å²) >= 11 is 0. The first kappa shape index (κ1) is 12.8. The lowest BCUT2D eigenvalue weighted by atomic mass is 10.2. The molecule has 1 rings (SSSR count). The fourth-order valence-corrected chi connectivity index (χ4v) is 1.45. The van der Waals surface area contributed by atoms with E-state index in [1.807, 2.05) is 0 Å². The van der Waals surface area contributed by atoms with E-state index in [9.17, 15) is 13.2 Å². The van der Waals surface area contributed by atoms with Gasteiger partial charge in [0.15, 0.2) is 0 Å². The molecule has 0 aromatic rings. The van der Waals surface area contributed by atoms with E-state index < -0.39 is 18.6 Å². The maximum Gasteiger partial charge on any atom is 0.390 e. The minimum absolute atomic E-state index is 0.493. The monoisotopic (exact) mass is 224 g/mol. The number of alkyl halides is 3. The highest BCUT2D eigenvalue weighted by molar-refractivity contribution is 4.75. The van der Waals surface area contributed by atoms with Gasteiger partial charge in [0.25, 0.3) is 0 Å². The Kier molecular flexibility index (Phi) is 4.86. The molecule has 2 N–H and O–H groups in total. The predicted molar refractivity (Wildman–Crippen MR) is 53.7 cm³/mol. The summed E-state index contributed by atoms with van der Waals surface area (Å²) in [4.78, 5) is 0. The molecule has 1 aliphatic carbocycles. The van der Waals surface area contributed by atoms with Crippen molar-refractivity contribution >= 4 is 0 Å². The van der Waals surface area contributed by atoms with E-state index in [1.165, 1.54) is 12.8 Å². The van der Waals surface area contributed by atoms with Crippen molar-refractivity contribution in [3.05, 3.63) is 0 Å². The summed E-state index contributed by atoms with van der Waals surface area (Å²) in [5, 5.41) is 6.07. The number of nitrogens with one attached hydrogen (secondary N) is 2. The highest BCUT2D eigenvalue weighted by Crippen LogP contribution is 2.27. The third-order valence-electron chi connectivity index (χ3n) is 2.46. The van der Waals surface area contributed by atoms with Crippen LogP contribution in [0.3, 0.4) is 0 Å². The first-order valence-corrected chi connectivity index (χ1v) is 5.48. The van der Waals surface area contributed by atoms with E-state index in [4.69, 9.17) is 0 Å². The lowest BCUT2D eigenvalue weighted by Gasteiger charge is -2.15. The Morgan fingerprint density at radius 1 is 1.27 bits per heavy atom. The van der Waals surface area contributed by atoms with E-state index in [0.717, 1.165) is 19.0 Å². The van der Waals surface area contributed by atoms with Crippen molar-refractivity contribution in [2.45, 2.75) is 38.4 Å². The van der Waals surface area contributed by atoms with Crippen LogP contribution in [-0.2, 0) is 0 Å². The zero-order valence-electron chi connectivity index (χ0n) is 9.03. The SMILES string of the molecule is CC(CC(F)(F)F)NCCNCC1CC1. The van der Waals surface area contributed by atoms with Gasteiger partial charge in [0, 0.05) is 19.1 Å². The van der Waals surface area contributed by atoms with Crippen LogP contribution < -0.4 is 10.6 Å². The second-order valence-electron chi connectivity index (χ2n) is 4.32. The third kappa shape index (κ3) is 7.62. The van der Waals surface area contributed by atoms with Gasteiger partial charge in [-0.15, -0.1) is 0 Å². The number of halogens is 3. The Labute approximate surface area is 88.6 Å². The maximum absolute atomic E-state index is 11.9. The molecule has 1 atom stereocenters. The summed E-state index contributed by atoms with van der Waals surface area (Å²) in [5.74, 6) is 0.817. The van der Waals surface area contributed by atoms with Crippen molar-refractivity contribution in [3.63, 3.8) is 0 Å². The van der Waals surface area contributed by atoms with Crippen LogP contribution in [0, 0.1) is 5.92 Å². The van der Waals surface area contributed by atoms with Crippen LogP contribution in [0.2, 0.25) is 0 Å². The second-order valence-corrected chi connectivity index (χ2v) is 4.32. The van der Waals surface area contributed by atoms with Crippen molar-refractivity contribution in [1.82, 2.24) is 10.6 Å². The molecule has 0 aromatic heterocycles. The molecule has 1 saturated carbocycles. The van der Waals surface area contributed by atoms with Crippen molar-refractivity contribution in [1.29, 1.82) is 0 Å². The summed E-state index contributed by atoms with van der Waals surface area (Å²) < 4.78 is 35.8. The zero-order valence-corrected chi connectivity index (χ0v) is 9.03. The van der Waals surface area contributed by atoms with Gasteiger partial charge in [0.1, 0.15) is 0 Å². The standard InChI is InChI=1S/C10H19F3N2/c1-8(6-10(11,12)13)15-5-4-14-7-9-2-3-9/h8-9,14-15H,2-7H2,1H3. The van der Waals surface area contributed by atoms with Crippen molar-refractivity contribution < 1.29 is 13.2 Å². The summed E-state index contributed by atoms with van der Waals surface area (Å²) in [6, 6.07) is -0.493. The molecule has 0 aliphatic heterocycles. The quantitative estimate of drug-likeness (QED) is 0.646. The molecule has 0 bridgehead atoms. The first-order chi connectivity index (χ1) is 6.97. The molecule has 1 aliphatic rings. The molecule has 0 spiro atoms. The first-order valence-electron chi connectivity index (χ1n) is 5.48. The van der Waals surface area contributed by atoms with Gasteiger partial charge in [0.05, 0.1) is 6.42 Å². The van der Waals surface area contributed by atoms with E-state index in [0.29, 0.717) is 6.54 Å². The molecule has 0 amide bonds. The summed E-state index contributed by atoms with van der Waals surface area (Å²) in [5.41, 5.74) is 0. The van der Waals surface area contributed by atoms with Gasteiger partial charge in [-0.1, -0.05) is 0 Å². The summed E-state index contributed by atoms with van der Waals surface area (Å²) in [6.07, 6.45) is -2.22. The Hall–Kier alpha value is -0.290. The molecular weight excluding hydrogens is 205 g/mol. The van der Waals surface area contributed by atoms with Crippen LogP contribution in [0.25, 0.3) is 0 Å². The predicted octanol–water partition coefficient (Wildman–Crippen LogP) is 1.92. The average Bonchev–Trinajstić information content (AvgIpc) is 2.83. The topological polar surface area (TPSA) is 24.1 Å². The largest absolute Gasteiger partial charge is 0.390 e. The fourth-order valence-electron chi connectivity index (χ4n) is 1.45. The van der Waals surface area contributed by atoms with E-state index in [2.05, 4.69) is 10.6 Å². The molecule has 0 aromatic carbocycles. The summed E-state index contributed by atoms with van der Waals surface area (Å²) in [6.45, 7) is 3.92. The van der Waals surface area contributed by atoms with E-state index in [1.54, 1.807) is 6.92 Å². The molecule has 0 heterocycles. The van der Waals surface area contributed by atoms with Gasteiger partial charge < -0.3 is 10.6 Å². The van der Waals surface area contributed by atoms with Crippen LogP contribution in [-0.4, -0.2) is 31.9 Å². The van der Waals surface area contributed by atoms with Gasteiger partial charge in [-0.3, -0.25) is 0 Å². The third-order valence-corrected chi connectivity index (χ3v) is 2.46. The van der Waals surface area contributed by atoms with Crippen LogP contribution in [0.5, 0.6) is 0 Å². The molecular formula is C10H19F3N2. The van der Waals surface area contributed by atoms with Gasteiger partial charge in [0.2, 0.25) is 0 Å². The van der Waals surface area contributed by atoms with E-state index >= 15 is 0 Å². The second kappa shape index (κ2) is 5.70. The Morgan fingerprint density at radius 3 is 2.47 bits per heavy atom. The molecule has 2 nitrogen and oxygen atoms in total. The van der Waals surface area contributed by atoms with Crippen molar-refractivity contribution in [3.8, 4) is 0 Å². The number of hydrogen-bond donors (Lipinski definition) is 2. The maximum atomic E-state index is 11.9. The van der Waals surface area contributed by atoms with Gasteiger partial charge >= 0.3 is 6.18 Å². The van der Waals surface area contributed by atoms with Crippen LogP contribution in [0.1, 0.15) is 26.2 Å². The normalized spacial score (nSPS) is 19.2. The zero-order chi connectivity index (χ0) is 11.3. The van der Waals surface area contributed by atoms with Crippen molar-refractivity contribution in [2.75, 3.05) is 19.6 Å². The van der Waals surface area contributed by atoms with Crippen LogP contribution in [0.15, 0.2) is 0 Å². The lowest BCUT2D eigenvalue weighted by Crippen LogP contribution is -2.36. The van der Waals surface area contributed by atoms with Crippen LogP contribution in [0.4, 0.5) is 13.2 Å². The number of hydrogen-bond acceptors (Lipinski definition) is 2. The molecule has 1 fully saturated rings. The summed E-state index contributed by atoms with van der Waals surface area (Å²) in [7, 11) is 0. The fraction of sp³-hybridized carbons (Fsp3) is 1.00. The Balaban J connectivity index is 1.89. The highest BCUT2D eigenvalue weighted by atomic mass is 19.4. The van der Waals surface area contributed by atoms with Crippen LogP contribution >= 0.6 is 0 Å². The van der Waals surface area contributed by atoms with Gasteiger partial charge in [-0.2, -0.15) is 13.2 Å². The average molecular weight is 224 g/mol. The van der Waals surface area contributed by atoms with Gasteiger partial charge in [-0.25, -0.2) is 0 Å². The minimum Gasteiger partial charge on any atom is -0.315 e. The molecule has 15 heavy (non-hydrogen) atoms. The Morgan fingerprint density at radius 2 is 1.93 bits per heavy atom. The molecule has 5 heteroatoms. The highest BCUT2D eigenvalue weighted by Gasteiger charge is 2.29. The molecule has 1 unspecified atom stereocenters. The molecule has 0 saturated heterocycles. The smallest absolute Gasteiger partial charge is 0.315 e. The minimum atomic E-state index is -4.06. The number of rotatable bonds is 7. The Bertz CT molecular complexity index is 178.